The van der Waals surface area contributed by atoms with Gasteiger partial charge in [0.2, 0.25) is 0 Å². The monoisotopic (exact) mass is 536 g/mol. The van der Waals surface area contributed by atoms with Crippen LogP contribution in [-0.4, -0.2) is 0 Å². The predicted molar refractivity (Wildman–Crippen MR) is 167 cm³/mol. The smallest absolute Gasteiger partial charge is 0.136 e. The molecule has 0 spiro atoms. The van der Waals surface area contributed by atoms with Gasteiger partial charge in [0, 0.05) is 27.1 Å². The van der Waals surface area contributed by atoms with Crippen molar-refractivity contribution in [3.05, 3.63) is 132 Å². The third-order valence-electron chi connectivity index (χ3n) is 7.94. The number of hydrogen-bond acceptors (Lipinski definition) is 4. The molecule has 8 aromatic rings. The Kier molecular flexibility index (Phi) is 5.22. The standard InChI is InChI=1S/C38H20N2O2/c39-21-23-9-10-26(22-40)34(15-23)29-17-27(24-11-13-32-30-5-1-3-7-35(30)41-37(32)19-24)16-28(18-29)25-12-14-33-31-6-2-4-8-36(31)42-38(33)20-25/h1-20H. The Morgan fingerprint density at radius 1 is 0.405 bits per heavy atom. The number of hydrogen-bond donors (Lipinski definition) is 0. The van der Waals surface area contributed by atoms with Crippen molar-refractivity contribution in [3.63, 3.8) is 0 Å². The summed E-state index contributed by atoms with van der Waals surface area (Å²) in [6, 6.07) is 44.6. The van der Waals surface area contributed by atoms with E-state index >= 15 is 0 Å². The molecule has 42 heavy (non-hydrogen) atoms. The van der Waals surface area contributed by atoms with Gasteiger partial charge in [-0.2, -0.15) is 10.5 Å². The lowest BCUT2D eigenvalue weighted by Crippen LogP contribution is -1.90. The van der Waals surface area contributed by atoms with Crippen LogP contribution in [0.1, 0.15) is 11.1 Å². The summed E-state index contributed by atoms with van der Waals surface area (Å²) in [5, 5.41) is 23.8. The summed E-state index contributed by atoms with van der Waals surface area (Å²) in [6.45, 7) is 0. The molecule has 2 heterocycles. The molecular weight excluding hydrogens is 516 g/mol. The van der Waals surface area contributed by atoms with E-state index in [4.69, 9.17) is 8.83 Å². The maximum absolute atomic E-state index is 9.93. The summed E-state index contributed by atoms with van der Waals surface area (Å²) in [6.07, 6.45) is 0. The molecule has 0 unspecified atom stereocenters. The molecule has 0 amide bonds. The van der Waals surface area contributed by atoms with Gasteiger partial charge in [0.15, 0.2) is 0 Å². The Morgan fingerprint density at radius 2 is 0.929 bits per heavy atom. The van der Waals surface area contributed by atoms with Crippen LogP contribution in [0.15, 0.2) is 130 Å². The fraction of sp³-hybridized carbons (Fsp3) is 0. The van der Waals surface area contributed by atoms with Crippen LogP contribution in [0.2, 0.25) is 0 Å². The minimum atomic E-state index is 0.503. The van der Waals surface area contributed by atoms with E-state index < -0.39 is 0 Å². The van der Waals surface area contributed by atoms with Crippen LogP contribution in [0.4, 0.5) is 0 Å². The van der Waals surface area contributed by atoms with E-state index in [1.165, 1.54) is 0 Å². The van der Waals surface area contributed by atoms with Crippen molar-refractivity contribution in [2.45, 2.75) is 0 Å². The van der Waals surface area contributed by atoms with Gasteiger partial charge in [-0.25, -0.2) is 0 Å². The third kappa shape index (κ3) is 3.75. The van der Waals surface area contributed by atoms with Crippen molar-refractivity contribution in [2.75, 3.05) is 0 Å². The van der Waals surface area contributed by atoms with Crippen molar-refractivity contribution >= 4 is 43.9 Å². The number of benzene rings is 6. The van der Waals surface area contributed by atoms with Crippen LogP contribution in [0.25, 0.3) is 77.3 Å². The Bertz CT molecular complexity index is 2310. The van der Waals surface area contributed by atoms with E-state index in [0.29, 0.717) is 16.7 Å². The van der Waals surface area contributed by atoms with Crippen LogP contribution >= 0.6 is 0 Å². The summed E-state index contributed by atoms with van der Waals surface area (Å²) in [7, 11) is 0. The Balaban J connectivity index is 1.36. The van der Waals surface area contributed by atoms with Gasteiger partial charge in [0.05, 0.1) is 23.3 Å². The van der Waals surface area contributed by atoms with E-state index in [0.717, 1.165) is 71.7 Å². The molecular formula is C38H20N2O2. The molecule has 0 aliphatic carbocycles. The van der Waals surface area contributed by atoms with Crippen molar-refractivity contribution in [1.82, 2.24) is 0 Å². The van der Waals surface area contributed by atoms with Crippen LogP contribution < -0.4 is 0 Å². The highest BCUT2D eigenvalue weighted by molar-refractivity contribution is 6.07. The van der Waals surface area contributed by atoms with Gasteiger partial charge in [-0.1, -0.05) is 48.5 Å². The molecule has 0 N–H and O–H groups in total. The lowest BCUT2D eigenvalue weighted by Gasteiger charge is -2.13. The molecule has 0 radical (unpaired) electrons. The zero-order valence-corrected chi connectivity index (χ0v) is 22.3. The minimum absolute atomic E-state index is 0.503. The maximum atomic E-state index is 9.93. The first-order chi connectivity index (χ1) is 20.7. The van der Waals surface area contributed by atoms with Gasteiger partial charge in [0.25, 0.3) is 0 Å². The summed E-state index contributed by atoms with van der Waals surface area (Å²) in [5.41, 5.74) is 9.84. The molecule has 0 saturated carbocycles. The van der Waals surface area contributed by atoms with Gasteiger partial charge in [0.1, 0.15) is 22.3 Å². The molecule has 0 bridgehead atoms. The molecule has 4 nitrogen and oxygen atoms in total. The molecule has 0 atom stereocenters. The molecule has 194 valence electrons. The van der Waals surface area contributed by atoms with Gasteiger partial charge in [-0.15, -0.1) is 0 Å². The van der Waals surface area contributed by atoms with E-state index in [-0.39, 0.29) is 0 Å². The van der Waals surface area contributed by atoms with Crippen LogP contribution in [-0.2, 0) is 0 Å². The number of para-hydroxylation sites is 2. The minimum Gasteiger partial charge on any atom is -0.456 e. The summed E-state index contributed by atoms with van der Waals surface area (Å²) >= 11 is 0. The zero-order chi connectivity index (χ0) is 28.2. The maximum Gasteiger partial charge on any atom is 0.136 e. The lowest BCUT2D eigenvalue weighted by molar-refractivity contribution is 0.668. The van der Waals surface area contributed by atoms with Crippen LogP contribution in [0, 0.1) is 22.7 Å². The first-order valence-electron chi connectivity index (χ1n) is 13.6. The highest BCUT2D eigenvalue weighted by Crippen LogP contribution is 2.39. The van der Waals surface area contributed by atoms with Crippen molar-refractivity contribution < 1.29 is 8.83 Å². The number of nitriles is 2. The van der Waals surface area contributed by atoms with Crippen molar-refractivity contribution in [2.24, 2.45) is 0 Å². The fourth-order valence-electron chi connectivity index (χ4n) is 5.88. The van der Waals surface area contributed by atoms with Crippen molar-refractivity contribution in [3.8, 4) is 45.5 Å². The molecule has 2 aromatic heterocycles. The van der Waals surface area contributed by atoms with Gasteiger partial charge in [-0.05, 0) is 101 Å². The molecule has 0 aliphatic rings. The highest BCUT2D eigenvalue weighted by atomic mass is 16.3. The Morgan fingerprint density at radius 3 is 1.48 bits per heavy atom. The van der Waals surface area contributed by atoms with E-state index in [1.807, 2.05) is 36.4 Å². The van der Waals surface area contributed by atoms with Gasteiger partial charge in [-0.3, -0.25) is 0 Å². The normalized spacial score (nSPS) is 11.3. The molecule has 0 fully saturated rings. The van der Waals surface area contributed by atoms with E-state index in [9.17, 15) is 10.5 Å². The summed E-state index contributed by atoms with van der Waals surface area (Å²) < 4.78 is 12.4. The van der Waals surface area contributed by atoms with Gasteiger partial charge < -0.3 is 8.83 Å². The number of fused-ring (bicyclic) bond motifs is 6. The zero-order valence-electron chi connectivity index (χ0n) is 22.3. The topological polar surface area (TPSA) is 73.9 Å². The first kappa shape index (κ1) is 23.8. The SMILES string of the molecule is N#Cc1ccc(C#N)c(-c2cc(-c3ccc4c(c3)oc3ccccc34)cc(-c3ccc4c(c3)oc3ccccc34)c2)c1. The number of nitrogens with zero attached hydrogens (tertiary/aromatic N) is 2. The third-order valence-corrected chi connectivity index (χ3v) is 7.94. The first-order valence-corrected chi connectivity index (χ1v) is 13.6. The molecule has 0 aliphatic heterocycles. The number of rotatable bonds is 3. The predicted octanol–water partition coefficient (Wildman–Crippen LogP) is 10.2. The second kappa shape index (κ2) is 9.24. The lowest BCUT2D eigenvalue weighted by atomic mass is 9.90. The second-order valence-electron chi connectivity index (χ2n) is 10.4. The molecule has 8 rings (SSSR count). The van der Waals surface area contributed by atoms with Gasteiger partial charge >= 0.3 is 0 Å². The van der Waals surface area contributed by atoms with Crippen LogP contribution in [0.5, 0.6) is 0 Å². The average Bonchev–Trinajstić information content (AvgIpc) is 3.61. The van der Waals surface area contributed by atoms with E-state index in [1.54, 1.807) is 18.2 Å². The van der Waals surface area contributed by atoms with Crippen molar-refractivity contribution in [1.29, 1.82) is 10.5 Å². The Labute approximate surface area is 240 Å². The largest absolute Gasteiger partial charge is 0.456 e. The number of furan rings is 2. The summed E-state index contributed by atoms with van der Waals surface area (Å²) in [4.78, 5) is 0. The molecule has 6 aromatic carbocycles. The summed E-state index contributed by atoms with van der Waals surface area (Å²) in [5.74, 6) is 0. The molecule has 4 heteroatoms. The quantitative estimate of drug-likeness (QED) is 0.225. The molecule has 0 saturated heterocycles. The van der Waals surface area contributed by atoms with Crippen LogP contribution in [0.3, 0.4) is 0 Å². The highest BCUT2D eigenvalue weighted by Gasteiger charge is 2.15. The van der Waals surface area contributed by atoms with E-state index in [2.05, 4.69) is 78.9 Å². The Hall–Kier alpha value is -6.10. The average molecular weight is 537 g/mol. The second-order valence-corrected chi connectivity index (χ2v) is 10.4. The fourth-order valence-corrected chi connectivity index (χ4v) is 5.88.